The maximum Gasteiger partial charge on any atom is 0.427 e. The van der Waals surface area contributed by atoms with Crippen LogP contribution < -0.4 is 5.43 Å². The van der Waals surface area contributed by atoms with Gasteiger partial charge in [-0.3, -0.25) is 0 Å². The molecular weight excluding hydrogens is 246 g/mol. The van der Waals surface area contributed by atoms with Crippen molar-refractivity contribution in [3.63, 3.8) is 0 Å². The third-order valence-corrected chi connectivity index (χ3v) is 2.41. The molecule has 2 rings (SSSR count). The number of rotatable bonds is 4. The number of fused-ring (bicyclic) bond motifs is 1. The maximum absolute atomic E-state index is 11.1. The van der Waals surface area contributed by atoms with Crippen molar-refractivity contribution >= 4 is 22.8 Å². The van der Waals surface area contributed by atoms with E-state index in [1.54, 1.807) is 18.5 Å². The van der Waals surface area contributed by atoms with Gasteiger partial charge < -0.3 is 4.74 Å². The van der Waals surface area contributed by atoms with Gasteiger partial charge in [0.25, 0.3) is 0 Å². The van der Waals surface area contributed by atoms with Gasteiger partial charge in [0.2, 0.25) is 0 Å². The standard InChI is InChI=1S/C12H15N5O2/c1-3-19-12(18)15-13-9(2)8-17-11-7-5-4-6-10(11)14-16-17/h4-7H,3,8H2,1-2H3,(H,15,18)/b13-9+. The summed E-state index contributed by atoms with van der Waals surface area (Å²) in [4.78, 5) is 11.1. The van der Waals surface area contributed by atoms with Crippen molar-refractivity contribution in [2.45, 2.75) is 20.4 Å². The first-order chi connectivity index (χ1) is 9.20. The smallest absolute Gasteiger partial charge is 0.427 e. The van der Waals surface area contributed by atoms with E-state index in [9.17, 15) is 4.79 Å². The Labute approximate surface area is 110 Å². The van der Waals surface area contributed by atoms with Crippen LogP contribution in [-0.4, -0.2) is 33.4 Å². The molecule has 0 atom stereocenters. The number of nitrogens with one attached hydrogen (secondary N) is 1. The molecule has 0 saturated carbocycles. The number of amides is 1. The molecule has 7 heteroatoms. The van der Waals surface area contributed by atoms with Crippen LogP contribution in [0, 0.1) is 0 Å². The fourth-order valence-electron chi connectivity index (χ4n) is 1.59. The lowest BCUT2D eigenvalue weighted by Crippen LogP contribution is -2.21. The lowest BCUT2D eigenvalue weighted by atomic mass is 10.3. The van der Waals surface area contributed by atoms with Crippen LogP contribution in [0.5, 0.6) is 0 Å². The van der Waals surface area contributed by atoms with Gasteiger partial charge in [0, 0.05) is 0 Å². The van der Waals surface area contributed by atoms with Crippen molar-refractivity contribution in [1.82, 2.24) is 20.4 Å². The monoisotopic (exact) mass is 261 g/mol. The van der Waals surface area contributed by atoms with Crippen LogP contribution >= 0.6 is 0 Å². The van der Waals surface area contributed by atoms with E-state index in [-0.39, 0.29) is 0 Å². The summed E-state index contributed by atoms with van der Waals surface area (Å²) < 4.78 is 6.43. The van der Waals surface area contributed by atoms with Crippen LogP contribution in [-0.2, 0) is 11.3 Å². The van der Waals surface area contributed by atoms with E-state index in [1.165, 1.54) is 0 Å². The molecule has 0 aliphatic carbocycles. The van der Waals surface area contributed by atoms with Crippen LogP contribution in [0.3, 0.4) is 0 Å². The molecule has 1 heterocycles. The number of aromatic nitrogens is 3. The second-order valence-corrected chi connectivity index (χ2v) is 3.92. The minimum absolute atomic E-state index is 0.314. The number of para-hydroxylation sites is 1. The highest BCUT2D eigenvalue weighted by Crippen LogP contribution is 2.09. The summed E-state index contributed by atoms with van der Waals surface area (Å²) in [6.07, 6.45) is -0.565. The van der Waals surface area contributed by atoms with Gasteiger partial charge in [0.15, 0.2) is 0 Å². The Bertz CT molecular complexity index is 605. The number of nitrogens with zero attached hydrogens (tertiary/aromatic N) is 4. The summed E-state index contributed by atoms with van der Waals surface area (Å²) >= 11 is 0. The SMILES string of the molecule is CCOC(=O)N/N=C(\C)Cn1nnc2ccccc21. The van der Waals surface area contributed by atoms with E-state index in [4.69, 9.17) is 4.74 Å². The Morgan fingerprint density at radius 3 is 3.05 bits per heavy atom. The summed E-state index contributed by atoms with van der Waals surface area (Å²) in [5.74, 6) is 0. The second kappa shape index (κ2) is 5.94. The molecular formula is C12H15N5O2. The highest BCUT2D eigenvalue weighted by Gasteiger charge is 2.05. The molecule has 0 spiro atoms. The maximum atomic E-state index is 11.1. The van der Waals surface area contributed by atoms with Gasteiger partial charge in [0.05, 0.1) is 24.4 Å². The van der Waals surface area contributed by atoms with Crippen LogP contribution in [0.2, 0.25) is 0 Å². The first-order valence-electron chi connectivity index (χ1n) is 5.95. The van der Waals surface area contributed by atoms with E-state index in [2.05, 4.69) is 20.8 Å². The van der Waals surface area contributed by atoms with Gasteiger partial charge in [-0.25, -0.2) is 14.9 Å². The molecule has 1 aromatic heterocycles. The molecule has 0 fully saturated rings. The minimum Gasteiger partial charge on any atom is -0.449 e. The molecule has 0 unspecified atom stereocenters. The zero-order valence-corrected chi connectivity index (χ0v) is 10.8. The van der Waals surface area contributed by atoms with Gasteiger partial charge in [0.1, 0.15) is 5.52 Å². The lowest BCUT2D eigenvalue weighted by molar-refractivity contribution is 0.152. The molecule has 1 N–H and O–H groups in total. The average Bonchev–Trinajstić information content (AvgIpc) is 2.80. The van der Waals surface area contributed by atoms with E-state index >= 15 is 0 Å². The van der Waals surface area contributed by atoms with Gasteiger partial charge in [-0.2, -0.15) is 5.10 Å². The van der Waals surface area contributed by atoms with Crippen molar-refractivity contribution in [1.29, 1.82) is 0 Å². The molecule has 0 aliphatic rings. The normalized spacial score (nSPS) is 11.6. The largest absolute Gasteiger partial charge is 0.449 e. The fraction of sp³-hybridized carbons (Fsp3) is 0.333. The Balaban J connectivity index is 2.04. The summed E-state index contributed by atoms with van der Waals surface area (Å²) in [6.45, 7) is 4.29. The van der Waals surface area contributed by atoms with Crippen molar-refractivity contribution < 1.29 is 9.53 Å². The van der Waals surface area contributed by atoms with E-state index in [0.29, 0.717) is 18.9 Å². The van der Waals surface area contributed by atoms with Gasteiger partial charge in [-0.1, -0.05) is 17.3 Å². The van der Waals surface area contributed by atoms with Gasteiger partial charge in [-0.15, -0.1) is 5.10 Å². The first kappa shape index (κ1) is 13.0. The van der Waals surface area contributed by atoms with Crippen molar-refractivity contribution in [2.75, 3.05) is 6.61 Å². The molecule has 100 valence electrons. The number of hydrazone groups is 1. The zero-order chi connectivity index (χ0) is 13.7. The molecule has 0 bridgehead atoms. The summed E-state index contributed by atoms with van der Waals surface area (Å²) in [5.41, 5.74) is 4.76. The van der Waals surface area contributed by atoms with Crippen LogP contribution in [0.4, 0.5) is 4.79 Å². The summed E-state index contributed by atoms with van der Waals surface area (Å²) in [5, 5.41) is 12.0. The molecule has 19 heavy (non-hydrogen) atoms. The average molecular weight is 261 g/mol. The number of carbonyl (C=O) groups is 1. The number of ether oxygens (including phenoxy) is 1. The third-order valence-electron chi connectivity index (χ3n) is 2.41. The first-order valence-corrected chi connectivity index (χ1v) is 5.95. The van der Waals surface area contributed by atoms with Gasteiger partial charge in [-0.05, 0) is 26.0 Å². The van der Waals surface area contributed by atoms with Gasteiger partial charge >= 0.3 is 6.09 Å². The second-order valence-electron chi connectivity index (χ2n) is 3.92. The molecule has 0 aliphatic heterocycles. The topological polar surface area (TPSA) is 81.4 Å². The predicted octanol–water partition coefficient (Wildman–Crippen LogP) is 1.55. The summed E-state index contributed by atoms with van der Waals surface area (Å²) in [7, 11) is 0. The van der Waals surface area contributed by atoms with E-state index in [0.717, 1.165) is 11.0 Å². The highest BCUT2D eigenvalue weighted by atomic mass is 16.5. The molecule has 2 aromatic rings. The number of carbonyl (C=O) groups excluding carboxylic acids is 1. The lowest BCUT2D eigenvalue weighted by Gasteiger charge is -2.03. The predicted molar refractivity (Wildman–Crippen MR) is 70.8 cm³/mol. The number of hydrogen-bond acceptors (Lipinski definition) is 5. The number of hydrogen-bond donors (Lipinski definition) is 1. The van der Waals surface area contributed by atoms with E-state index < -0.39 is 6.09 Å². The quantitative estimate of drug-likeness (QED) is 0.668. The Kier molecular flexibility index (Phi) is 4.07. The third kappa shape index (κ3) is 3.27. The molecule has 0 radical (unpaired) electrons. The number of benzene rings is 1. The van der Waals surface area contributed by atoms with Crippen LogP contribution in [0.15, 0.2) is 29.4 Å². The highest BCUT2D eigenvalue weighted by molar-refractivity contribution is 5.84. The summed E-state index contributed by atoms with van der Waals surface area (Å²) in [6, 6.07) is 7.65. The van der Waals surface area contributed by atoms with Crippen molar-refractivity contribution in [3.05, 3.63) is 24.3 Å². The van der Waals surface area contributed by atoms with E-state index in [1.807, 2.05) is 24.3 Å². The van der Waals surface area contributed by atoms with Crippen LogP contribution in [0.1, 0.15) is 13.8 Å². The molecule has 1 aromatic carbocycles. The van der Waals surface area contributed by atoms with Crippen LogP contribution in [0.25, 0.3) is 11.0 Å². The Morgan fingerprint density at radius 2 is 2.26 bits per heavy atom. The Morgan fingerprint density at radius 1 is 1.47 bits per heavy atom. The zero-order valence-electron chi connectivity index (χ0n) is 10.8. The molecule has 7 nitrogen and oxygen atoms in total. The van der Waals surface area contributed by atoms with Crippen molar-refractivity contribution in [3.8, 4) is 0 Å². The fourth-order valence-corrected chi connectivity index (χ4v) is 1.59. The Hall–Kier alpha value is -2.44. The molecule has 0 saturated heterocycles. The van der Waals surface area contributed by atoms with Crippen molar-refractivity contribution in [2.24, 2.45) is 5.10 Å². The minimum atomic E-state index is -0.565. The molecule has 1 amide bonds.